The zero-order valence-electron chi connectivity index (χ0n) is 8.71. The van der Waals surface area contributed by atoms with Gasteiger partial charge in [0.2, 0.25) is 0 Å². The van der Waals surface area contributed by atoms with Crippen molar-refractivity contribution in [3.05, 3.63) is 12.7 Å². The number of hydrogen-bond donors (Lipinski definition) is 0. The van der Waals surface area contributed by atoms with Crippen LogP contribution >= 0.6 is 0 Å². The summed E-state index contributed by atoms with van der Waals surface area (Å²) in [4.78, 5) is 10.9. The average molecular weight is 184 g/mol. The van der Waals surface area contributed by atoms with E-state index in [4.69, 9.17) is 4.74 Å². The average Bonchev–Trinajstić information content (AvgIpc) is 2.16. The van der Waals surface area contributed by atoms with Crippen molar-refractivity contribution < 1.29 is 9.53 Å². The van der Waals surface area contributed by atoms with Crippen molar-refractivity contribution in [2.75, 3.05) is 0 Å². The molecule has 2 heteroatoms. The SMILES string of the molecule is C=C[C@H](CCCCC)OC(=O)CC. The molecule has 0 unspecified atom stereocenters. The van der Waals surface area contributed by atoms with Crippen LogP contribution in [0.1, 0.15) is 46.0 Å². The highest BCUT2D eigenvalue weighted by Crippen LogP contribution is 2.08. The lowest BCUT2D eigenvalue weighted by atomic mass is 10.1. The van der Waals surface area contributed by atoms with Gasteiger partial charge in [0.25, 0.3) is 0 Å². The molecule has 76 valence electrons. The van der Waals surface area contributed by atoms with Crippen molar-refractivity contribution in [1.29, 1.82) is 0 Å². The molecule has 0 bridgehead atoms. The minimum Gasteiger partial charge on any atom is -0.458 e. The lowest BCUT2D eigenvalue weighted by Gasteiger charge is -2.12. The van der Waals surface area contributed by atoms with Crippen LogP contribution in [0.25, 0.3) is 0 Å². The van der Waals surface area contributed by atoms with E-state index in [-0.39, 0.29) is 12.1 Å². The standard InChI is InChI=1S/C11H20O2/c1-4-7-8-9-10(5-2)13-11(12)6-3/h5,10H,2,4,6-9H2,1,3H3/t10-/m1/s1. The Balaban J connectivity index is 3.62. The van der Waals surface area contributed by atoms with Gasteiger partial charge in [0.05, 0.1) is 0 Å². The van der Waals surface area contributed by atoms with Crippen LogP contribution in [-0.4, -0.2) is 12.1 Å². The second-order valence-corrected chi connectivity index (χ2v) is 3.11. The minimum absolute atomic E-state index is 0.0843. The molecule has 0 rings (SSSR count). The van der Waals surface area contributed by atoms with Crippen LogP contribution in [0.5, 0.6) is 0 Å². The second kappa shape index (κ2) is 7.84. The van der Waals surface area contributed by atoms with Gasteiger partial charge in [-0.15, -0.1) is 0 Å². The molecule has 0 aliphatic heterocycles. The Morgan fingerprint density at radius 2 is 2.15 bits per heavy atom. The highest BCUT2D eigenvalue weighted by Gasteiger charge is 2.08. The summed E-state index contributed by atoms with van der Waals surface area (Å²) < 4.78 is 5.14. The highest BCUT2D eigenvalue weighted by molar-refractivity contribution is 5.69. The summed E-state index contributed by atoms with van der Waals surface area (Å²) in [5.74, 6) is -0.138. The van der Waals surface area contributed by atoms with E-state index >= 15 is 0 Å². The minimum atomic E-state index is -0.138. The van der Waals surface area contributed by atoms with E-state index < -0.39 is 0 Å². The van der Waals surface area contributed by atoms with E-state index in [9.17, 15) is 4.79 Å². The largest absolute Gasteiger partial charge is 0.458 e. The summed E-state index contributed by atoms with van der Waals surface area (Å²) in [6, 6.07) is 0. The van der Waals surface area contributed by atoms with Crippen molar-refractivity contribution in [3.63, 3.8) is 0 Å². The van der Waals surface area contributed by atoms with E-state index in [0.717, 1.165) is 12.8 Å². The van der Waals surface area contributed by atoms with Crippen LogP contribution in [0.4, 0.5) is 0 Å². The zero-order chi connectivity index (χ0) is 10.1. The van der Waals surface area contributed by atoms with Gasteiger partial charge < -0.3 is 4.74 Å². The van der Waals surface area contributed by atoms with Crippen molar-refractivity contribution in [3.8, 4) is 0 Å². The van der Waals surface area contributed by atoms with Gasteiger partial charge in [-0.25, -0.2) is 0 Å². The Hall–Kier alpha value is -0.790. The summed E-state index contributed by atoms with van der Waals surface area (Å²) in [6.07, 6.45) is 6.45. The van der Waals surface area contributed by atoms with Gasteiger partial charge in [-0.2, -0.15) is 0 Å². The molecule has 0 saturated carbocycles. The molecule has 1 atom stereocenters. The van der Waals surface area contributed by atoms with Crippen LogP contribution in [0.3, 0.4) is 0 Å². The Morgan fingerprint density at radius 1 is 1.46 bits per heavy atom. The summed E-state index contributed by atoms with van der Waals surface area (Å²) in [6.45, 7) is 7.60. The molecule has 0 aromatic carbocycles. The molecular formula is C11H20O2. The number of rotatable bonds is 7. The van der Waals surface area contributed by atoms with Crippen LogP contribution in [-0.2, 0) is 9.53 Å². The predicted octanol–water partition coefficient (Wildman–Crippen LogP) is 3.07. The number of hydrogen-bond acceptors (Lipinski definition) is 2. The smallest absolute Gasteiger partial charge is 0.306 e. The van der Waals surface area contributed by atoms with Gasteiger partial charge in [0, 0.05) is 6.42 Å². The van der Waals surface area contributed by atoms with E-state index in [2.05, 4.69) is 13.5 Å². The second-order valence-electron chi connectivity index (χ2n) is 3.11. The molecule has 2 nitrogen and oxygen atoms in total. The summed E-state index contributed by atoms with van der Waals surface area (Å²) in [5.41, 5.74) is 0. The molecule has 0 heterocycles. The third-order valence-corrected chi connectivity index (χ3v) is 1.93. The molecule has 13 heavy (non-hydrogen) atoms. The molecule has 0 aliphatic carbocycles. The van der Waals surface area contributed by atoms with Gasteiger partial charge >= 0.3 is 5.97 Å². The first kappa shape index (κ1) is 12.2. The molecule has 0 aromatic heterocycles. The molecule has 0 radical (unpaired) electrons. The number of carbonyl (C=O) groups is 1. The Bertz CT molecular complexity index is 152. The van der Waals surface area contributed by atoms with Gasteiger partial charge in [-0.1, -0.05) is 39.3 Å². The van der Waals surface area contributed by atoms with Gasteiger partial charge in [0.15, 0.2) is 0 Å². The first-order valence-electron chi connectivity index (χ1n) is 5.06. The fourth-order valence-corrected chi connectivity index (χ4v) is 1.07. The number of esters is 1. The summed E-state index contributed by atoms with van der Waals surface area (Å²) in [7, 11) is 0. The summed E-state index contributed by atoms with van der Waals surface area (Å²) in [5, 5.41) is 0. The molecule has 0 amide bonds. The predicted molar refractivity (Wildman–Crippen MR) is 54.5 cm³/mol. The van der Waals surface area contributed by atoms with Crippen molar-refractivity contribution in [2.24, 2.45) is 0 Å². The maximum Gasteiger partial charge on any atom is 0.306 e. The Morgan fingerprint density at radius 3 is 2.62 bits per heavy atom. The van der Waals surface area contributed by atoms with E-state index in [1.807, 2.05) is 0 Å². The normalized spacial score (nSPS) is 12.2. The lowest BCUT2D eigenvalue weighted by molar-refractivity contribution is -0.146. The third kappa shape index (κ3) is 6.38. The highest BCUT2D eigenvalue weighted by atomic mass is 16.5. The maximum atomic E-state index is 10.9. The number of unbranched alkanes of at least 4 members (excludes halogenated alkanes) is 2. The fraction of sp³-hybridized carbons (Fsp3) is 0.727. The molecule has 0 saturated heterocycles. The van der Waals surface area contributed by atoms with Crippen LogP contribution in [0, 0.1) is 0 Å². The van der Waals surface area contributed by atoms with E-state index in [0.29, 0.717) is 6.42 Å². The van der Waals surface area contributed by atoms with Gasteiger partial charge in [0.1, 0.15) is 6.10 Å². The Kier molecular flexibility index (Phi) is 7.36. The van der Waals surface area contributed by atoms with Crippen LogP contribution < -0.4 is 0 Å². The molecule has 0 fully saturated rings. The van der Waals surface area contributed by atoms with Crippen molar-refractivity contribution in [1.82, 2.24) is 0 Å². The molecule has 0 N–H and O–H groups in total. The first-order chi connectivity index (χ1) is 6.24. The number of carbonyl (C=O) groups excluding carboxylic acids is 1. The Labute approximate surface area is 81.0 Å². The third-order valence-electron chi connectivity index (χ3n) is 1.93. The zero-order valence-corrected chi connectivity index (χ0v) is 8.71. The summed E-state index contributed by atoms with van der Waals surface area (Å²) >= 11 is 0. The molecule has 0 spiro atoms. The fourth-order valence-electron chi connectivity index (χ4n) is 1.07. The van der Waals surface area contributed by atoms with Gasteiger partial charge in [-0.3, -0.25) is 4.79 Å². The molecule has 0 aromatic rings. The van der Waals surface area contributed by atoms with Crippen molar-refractivity contribution >= 4 is 5.97 Å². The first-order valence-corrected chi connectivity index (χ1v) is 5.06. The van der Waals surface area contributed by atoms with Crippen LogP contribution in [0.15, 0.2) is 12.7 Å². The molecular weight excluding hydrogens is 164 g/mol. The van der Waals surface area contributed by atoms with E-state index in [1.54, 1.807) is 13.0 Å². The quantitative estimate of drug-likeness (QED) is 0.345. The lowest BCUT2D eigenvalue weighted by Crippen LogP contribution is -2.14. The number of ether oxygens (including phenoxy) is 1. The van der Waals surface area contributed by atoms with Crippen molar-refractivity contribution in [2.45, 2.75) is 52.1 Å². The molecule has 0 aliphatic rings. The topological polar surface area (TPSA) is 26.3 Å². The van der Waals surface area contributed by atoms with E-state index in [1.165, 1.54) is 12.8 Å². The van der Waals surface area contributed by atoms with Gasteiger partial charge in [-0.05, 0) is 12.8 Å². The van der Waals surface area contributed by atoms with Crippen LogP contribution in [0.2, 0.25) is 0 Å². The maximum absolute atomic E-state index is 10.9. The monoisotopic (exact) mass is 184 g/mol.